The number of fused-ring (bicyclic) bond motifs is 3. The minimum Gasteiger partial charge on any atom is -0.480 e. The lowest BCUT2D eigenvalue weighted by Crippen LogP contribution is -2.48. The number of carbonyl (C=O) groups excluding carboxylic acids is 1. The number of carboxylic acid groups (broad SMARTS) is 1. The summed E-state index contributed by atoms with van der Waals surface area (Å²) in [6, 6.07) is 5.35. The van der Waals surface area contributed by atoms with Crippen molar-refractivity contribution in [2.45, 2.75) is 6.04 Å². The molecule has 2 saturated heterocycles. The third-order valence-corrected chi connectivity index (χ3v) is 4.28. The fourth-order valence-corrected chi connectivity index (χ4v) is 3.26. The molecule has 2 bridgehead atoms. The number of nitrogens with zero attached hydrogens (tertiary/aromatic N) is 2. The molecule has 130 valence electrons. The molecular formula is C16H20FN3O4. The first-order valence-electron chi connectivity index (χ1n) is 7.87. The van der Waals surface area contributed by atoms with Crippen LogP contribution in [0.2, 0.25) is 0 Å². The number of ether oxygens (including phenoxy) is 1. The van der Waals surface area contributed by atoms with Crippen LogP contribution in [-0.2, 0) is 9.53 Å². The molecule has 7 nitrogen and oxygen atoms in total. The van der Waals surface area contributed by atoms with Gasteiger partial charge in [0.1, 0.15) is 5.82 Å². The Hall–Kier alpha value is -2.19. The lowest BCUT2D eigenvalue weighted by molar-refractivity contribution is -0.138. The van der Waals surface area contributed by atoms with E-state index in [1.165, 1.54) is 12.1 Å². The predicted octanol–water partition coefficient (Wildman–Crippen LogP) is 1.07. The van der Waals surface area contributed by atoms with Crippen molar-refractivity contribution in [2.75, 3.05) is 44.7 Å². The smallest absolute Gasteiger partial charge is 0.322 e. The van der Waals surface area contributed by atoms with Crippen molar-refractivity contribution < 1.29 is 23.8 Å². The maximum absolute atomic E-state index is 13.7. The second kappa shape index (κ2) is 7.14. The molecule has 1 aromatic carbocycles. The molecule has 3 rings (SSSR count). The monoisotopic (exact) mass is 337 g/mol. The fourth-order valence-electron chi connectivity index (χ4n) is 3.26. The number of rotatable bonds is 3. The number of hydrogen-bond acceptors (Lipinski definition) is 4. The molecule has 2 aliphatic heterocycles. The van der Waals surface area contributed by atoms with Crippen LogP contribution in [0.4, 0.5) is 14.9 Å². The number of benzene rings is 1. The molecule has 8 heteroatoms. The molecule has 2 fully saturated rings. The molecule has 0 unspecified atom stereocenters. The van der Waals surface area contributed by atoms with Crippen molar-refractivity contribution in [3.05, 3.63) is 30.1 Å². The second-order valence-electron chi connectivity index (χ2n) is 6.21. The van der Waals surface area contributed by atoms with Crippen LogP contribution in [0.1, 0.15) is 0 Å². The Bertz CT molecular complexity index is 627. The van der Waals surface area contributed by atoms with Crippen molar-refractivity contribution >= 4 is 17.7 Å². The molecular weight excluding hydrogens is 317 g/mol. The molecule has 24 heavy (non-hydrogen) atoms. The summed E-state index contributed by atoms with van der Waals surface area (Å²) in [5.41, 5.74) is 0.129. The number of urea groups is 1. The zero-order chi connectivity index (χ0) is 17.1. The molecule has 0 saturated carbocycles. The molecule has 2 atom stereocenters. The fraction of sp³-hybridized carbons (Fsp3) is 0.500. The highest BCUT2D eigenvalue weighted by atomic mass is 19.1. The van der Waals surface area contributed by atoms with Crippen LogP contribution in [0, 0.1) is 11.7 Å². The minimum atomic E-state index is -0.891. The number of para-hydroxylation sites is 1. The summed E-state index contributed by atoms with van der Waals surface area (Å²) < 4.78 is 19.3. The van der Waals surface area contributed by atoms with E-state index in [-0.39, 0.29) is 24.2 Å². The number of anilines is 1. The van der Waals surface area contributed by atoms with Crippen molar-refractivity contribution in [1.29, 1.82) is 0 Å². The van der Waals surface area contributed by atoms with Crippen LogP contribution in [0.5, 0.6) is 0 Å². The standard InChI is InChI=1S/C16H20FN3O4/c17-13-3-1-2-4-14(13)18-16(23)20-6-11-5-19(8-15(21)22)7-12(20)10-24-9-11/h1-4,11-12H,5-10H2,(H,18,23)(H,21,22)/t11-,12-/m0/s1. The largest absolute Gasteiger partial charge is 0.480 e. The number of halogens is 1. The molecule has 0 radical (unpaired) electrons. The molecule has 0 aliphatic carbocycles. The zero-order valence-corrected chi connectivity index (χ0v) is 13.2. The number of carbonyl (C=O) groups is 2. The Morgan fingerprint density at radius 2 is 2.04 bits per heavy atom. The highest BCUT2D eigenvalue weighted by Crippen LogP contribution is 2.21. The van der Waals surface area contributed by atoms with Gasteiger partial charge in [0.25, 0.3) is 0 Å². The molecule has 0 spiro atoms. The quantitative estimate of drug-likeness (QED) is 0.862. The number of amides is 2. The number of nitrogens with one attached hydrogen (secondary N) is 1. The van der Waals surface area contributed by atoms with Gasteiger partial charge in [-0.1, -0.05) is 12.1 Å². The predicted molar refractivity (Wildman–Crippen MR) is 84.3 cm³/mol. The van der Waals surface area contributed by atoms with Crippen LogP contribution in [0.3, 0.4) is 0 Å². The Labute approximate surface area is 139 Å². The van der Waals surface area contributed by atoms with Crippen LogP contribution in [-0.4, -0.2) is 72.3 Å². The molecule has 1 aromatic rings. The summed E-state index contributed by atoms with van der Waals surface area (Å²) in [4.78, 5) is 27.0. The average molecular weight is 337 g/mol. The van der Waals surface area contributed by atoms with Crippen molar-refractivity contribution in [3.63, 3.8) is 0 Å². The van der Waals surface area contributed by atoms with Crippen molar-refractivity contribution in [3.8, 4) is 0 Å². The van der Waals surface area contributed by atoms with Gasteiger partial charge in [-0.3, -0.25) is 9.69 Å². The van der Waals surface area contributed by atoms with E-state index >= 15 is 0 Å². The Morgan fingerprint density at radius 1 is 1.25 bits per heavy atom. The topological polar surface area (TPSA) is 82.1 Å². The van der Waals surface area contributed by atoms with Gasteiger partial charge in [-0.2, -0.15) is 0 Å². The normalized spacial score (nSPS) is 24.3. The lowest BCUT2D eigenvalue weighted by atomic mass is 10.1. The van der Waals surface area contributed by atoms with Gasteiger partial charge < -0.3 is 20.1 Å². The van der Waals surface area contributed by atoms with Gasteiger partial charge in [0.05, 0.1) is 31.5 Å². The van der Waals surface area contributed by atoms with Gasteiger partial charge in [0.15, 0.2) is 0 Å². The second-order valence-corrected chi connectivity index (χ2v) is 6.21. The van der Waals surface area contributed by atoms with E-state index in [4.69, 9.17) is 9.84 Å². The summed E-state index contributed by atoms with van der Waals surface area (Å²) >= 11 is 0. The van der Waals surface area contributed by atoms with Gasteiger partial charge in [-0.05, 0) is 12.1 Å². The summed E-state index contributed by atoms with van der Waals surface area (Å²) in [6.45, 7) is 2.21. The molecule has 0 aromatic heterocycles. The number of aliphatic carboxylic acids is 1. The first-order valence-corrected chi connectivity index (χ1v) is 7.87. The van der Waals surface area contributed by atoms with E-state index in [1.807, 2.05) is 4.90 Å². The van der Waals surface area contributed by atoms with E-state index in [0.29, 0.717) is 32.8 Å². The Kier molecular flexibility index (Phi) is 4.96. The van der Waals surface area contributed by atoms with Crippen LogP contribution in [0.25, 0.3) is 0 Å². The summed E-state index contributed by atoms with van der Waals surface area (Å²) in [5.74, 6) is -1.35. The van der Waals surface area contributed by atoms with Crippen LogP contribution >= 0.6 is 0 Å². The van der Waals surface area contributed by atoms with Gasteiger partial charge >= 0.3 is 12.0 Å². The van der Waals surface area contributed by atoms with Gasteiger partial charge in [0, 0.05) is 25.6 Å². The Morgan fingerprint density at radius 3 is 2.79 bits per heavy atom. The lowest BCUT2D eigenvalue weighted by Gasteiger charge is -2.30. The third-order valence-electron chi connectivity index (χ3n) is 4.28. The molecule has 2 aliphatic rings. The highest BCUT2D eigenvalue weighted by Gasteiger charge is 2.36. The maximum atomic E-state index is 13.7. The van der Waals surface area contributed by atoms with E-state index in [0.717, 1.165) is 0 Å². The van der Waals surface area contributed by atoms with Crippen molar-refractivity contribution in [1.82, 2.24) is 9.80 Å². The first kappa shape index (κ1) is 16.7. The van der Waals surface area contributed by atoms with Crippen LogP contribution < -0.4 is 5.32 Å². The zero-order valence-electron chi connectivity index (χ0n) is 13.2. The number of carboxylic acids is 1. The first-order chi connectivity index (χ1) is 11.5. The summed E-state index contributed by atoms with van der Waals surface area (Å²) in [5, 5.41) is 11.6. The SMILES string of the molecule is O=C(O)CN1C[C@@H]2COC[C@H](C1)N(C(=O)Nc1ccccc1F)C2. The van der Waals surface area contributed by atoms with E-state index in [2.05, 4.69) is 5.32 Å². The van der Waals surface area contributed by atoms with Gasteiger partial charge in [-0.25, -0.2) is 9.18 Å². The van der Waals surface area contributed by atoms with Gasteiger partial charge in [0.2, 0.25) is 0 Å². The van der Waals surface area contributed by atoms with E-state index < -0.39 is 17.8 Å². The minimum absolute atomic E-state index is 0.0308. The van der Waals surface area contributed by atoms with Gasteiger partial charge in [-0.15, -0.1) is 0 Å². The van der Waals surface area contributed by atoms with E-state index in [9.17, 15) is 14.0 Å². The summed E-state index contributed by atoms with van der Waals surface area (Å²) in [7, 11) is 0. The van der Waals surface area contributed by atoms with Crippen molar-refractivity contribution in [2.24, 2.45) is 5.92 Å². The molecule has 2 heterocycles. The highest BCUT2D eigenvalue weighted by molar-refractivity contribution is 5.89. The van der Waals surface area contributed by atoms with E-state index in [1.54, 1.807) is 17.0 Å². The summed E-state index contributed by atoms with van der Waals surface area (Å²) in [6.07, 6.45) is 0. The average Bonchev–Trinajstić information content (AvgIpc) is 2.79. The maximum Gasteiger partial charge on any atom is 0.322 e. The molecule has 2 amide bonds. The number of hydrogen-bond donors (Lipinski definition) is 2. The molecule has 2 N–H and O–H groups in total. The third kappa shape index (κ3) is 3.82. The van der Waals surface area contributed by atoms with Crippen LogP contribution in [0.15, 0.2) is 24.3 Å². The Balaban J connectivity index is 1.74.